The van der Waals surface area contributed by atoms with Gasteiger partial charge in [-0.25, -0.2) is 0 Å². The lowest BCUT2D eigenvalue weighted by molar-refractivity contribution is -0.121. The van der Waals surface area contributed by atoms with Gasteiger partial charge in [-0.3, -0.25) is 14.5 Å². The van der Waals surface area contributed by atoms with Gasteiger partial charge in [-0.2, -0.15) is 5.10 Å². The number of ether oxygens (including phenoxy) is 1. The fourth-order valence-electron chi connectivity index (χ4n) is 2.69. The van der Waals surface area contributed by atoms with Crippen molar-refractivity contribution in [2.24, 2.45) is 0 Å². The Morgan fingerprint density at radius 2 is 1.89 bits per heavy atom. The van der Waals surface area contributed by atoms with Crippen LogP contribution in [0.3, 0.4) is 0 Å². The van der Waals surface area contributed by atoms with E-state index in [-0.39, 0.29) is 5.91 Å². The lowest BCUT2D eigenvalue weighted by Crippen LogP contribution is -2.24. The van der Waals surface area contributed by atoms with E-state index in [1.165, 1.54) is 5.56 Å². The number of benzene rings is 2. The fraction of sp³-hybridized carbons (Fsp3) is 0.250. The number of rotatable bonds is 7. The lowest BCUT2D eigenvalue weighted by atomic mass is 10.1. The van der Waals surface area contributed by atoms with Crippen LogP contribution in [0.5, 0.6) is 5.75 Å². The minimum absolute atomic E-state index is 0.0382. The monoisotopic (exact) mass is 382 g/mol. The van der Waals surface area contributed by atoms with E-state index in [0.717, 1.165) is 22.7 Å². The number of amides is 1. The molecule has 0 unspecified atom stereocenters. The topological polar surface area (TPSA) is 71.9 Å². The molecule has 2 aromatic carbocycles. The zero-order valence-corrected chi connectivity index (χ0v) is 16.2. The van der Waals surface area contributed by atoms with Crippen molar-refractivity contribution < 1.29 is 9.53 Å². The Morgan fingerprint density at radius 3 is 2.56 bits per heavy atom. The van der Waals surface area contributed by atoms with Crippen LogP contribution in [0.4, 0.5) is 0 Å². The molecule has 3 aromatic rings. The average Bonchev–Trinajstić information content (AvgIpc) is 3.06. The summed E-state index contributed by atoms with van der Waals surface area (Å²) < 4.78 is 7.49. The van der Waals surface area contributed by atoms with Crippen molar-refractivity contribution in [2.75, 3.05) is 7.11 Å². The maximum absolute atomic E-state index is 12.2. The van der Waals surface area contributed by atoms with E-state index in [0.29, 0.717) is 24.3 Å². The standard InChI is InChI=1S/C20H22N4O2S/c1-14-3-7-16(8-4-14)19-22-23-20(27)24(19)12-11-18(25)21-13-15-5-9-17(26-2)10-6-15/h3-10H,11-13H2,1-2H3,(H,21,25)(H,23,27). The van der Waals surface area contributed by atoms with Gasteiger partial charge in [0.1, 0.15) is 5.75 Å². The van der Waals surface area contributed by atoms with E-state index in [2.05, 4.69) is 15.5 Å². The third-order valence-electron chi connectivity index (χ3n) is 4.28. The van der Waals surface area contributed by atoms with Gasteiger partial charge in [-0.1, -0.05) is 42.0 Å². The normalized spacial score (nSPS) is 10.6. The second kappa shape index (κ2) is 8.64. The summed E-state index contributed by atoms with van der Waals surface area (Å²) in [6.45, 7) is 2.98. The van der Waals surface area contributed by atoms with Gasteiger partial charge >= 0.3 is 0 Å². The number of hydrogen-bond donors (Lipinski definition) is 2. The summed E-state index contributed by atoms with van der Waals surface area (Å²) in [7, 11) is 1.63. The second-order valence-corrected chi connectivity index (χ2v) is 6.63. The van der Waals surface area contributed by atoms with Gasteiger partial charge in [-0.05, 0) is 36.8 Å². The van der Waals surface area contributed by atoms with Gasteiger partial charge in [0.15, 0.2) is 10.6 Å². The Labute approximate surface area is 163 Å². The molecule has 0 saturated heterocycles. The van der Waals surface area contributed by atoms with E-state index in [9.17, 15) is 4.79 Å². The van der Waals surface area contributed by atoms with Crippen molar-refractivity contribution >= 4 is 18.1 Å². The van der Waals surface area contributed by atoms with Crippen LogP contribution in [-0.2, 0) is 17.9 Å². The van der Waals surface area contributed by atoms with Crippen LogP contribution in [0.15, 0.2) is 48.5 Å². The highest BCUT2D eigenvalue weighted by atomic mass is 32.1. The first-order valence-corrected chi connectivity index (χ1v) is 9.09. The smallest absolute Gasteiger partial charge is 0.222 e. The summed E-state index contributed by atoms with van der Waals surface area (Å²) in [6.07, 6.45) is 0.322. The van der Waals surface area contributed by atoms with Crippen molar-refractivity contribution in [1.82, 2.24) is 20.1 Å². The molecular weight excluding hydrogens is 360 g/mol. The Bertz CT molecular complexity index is 959. The summed E-state index contributed by atoms with van der Waals surface area (Å²) >= 11 is 5.32. The zero-order chi connectivity index (χ0) is 19.2. The van der Waals surface area contributed by atoms with Crippen LogP contribution >= 0.6 is 12.2 Å². The summed E-state index contributed by atoms with van der Waals surface area (Å²) in [5.74, 6) is 1.50. The van der Waals surface area contributed by atoms with Crippen molar-refractivity contribution in [3.8, 4) is 17.1 Å². The van der Waals surface area contributed by atoms with Crippen molar-refractivity contribution in [3.63, 3.8) is 0 Å². The SMILES string of the molecule is COc1ccc(CNC(=O)CCn2c(-c3ccc(C)cc3)n[nH]c2=S)cc1. The highest BCUT2D eigenvalue weighted by Crippen LogP contribution is 2.18. The quantitative estimate of drug-likeness (QED) is 0.612. The fourth-order valence-corrected chi connectivity index (χ4v) is 2.92. The van der Waals surface area contributed by atoms with Crippen LogP contribution in [-0.4, -0.2) is 27.8 Å². The van der Waals surface area contributed by atoms with Crippen LogP contribution in [0.2, 0.25) is 0 Å². The number of nitrogens with zero attached hydrogens (tertiary/aromatic N) is 2. The van der Waals surface area contributed by atoms with E-state index in [1.54, 1.807) is 7.11 Å². The Hall–Kier alpha value is -2.93. The molecule has 1 heterocycles. The number of H-pyrrole nitrogens is 1. The van der Waals surface area contributed by atoms with Gasteiger partial charge in [-0.15, -0.1) is 0 Å². The van der Waals surface area contributed by atoms with E-state index in [1.807, 2.05) is 60.0 Å². The number of nitrogens with one attached hydrogen (secondary N) is 2. The maximum Gasteiger partial charge on any atom is 0.222 e. The number of hydrogen-bond acceptors (Lipinski definition) is 4. The first-order valence-electron chi connectivity index (χ1n) is 8.68. The van der Waals surface area contributed by atoms with E-state index < -0.39 is 0 Å². The predicted octanol–water partition coefficient (Wildman–Crippen LogP) is 3.63. The first-order chi connectivity index (χ1) is 13.1. The molecule has 0 saturated carbocycles. The highest BCUT2D eigenvalue weighted by molar-refractivity contribution is 7.71. The van der Waals surface area contributed by atoms with E-state index >= 15 is 0 Å². The number of aromatic nitrogens is 3. The van der Waals surface area contributed by atoms with Gasteiger partial charge in [0.2, 0.25) is 5.91 Å². The molecule has 0 aliphatic heterocycles. The van der Waals surface area contributed by atoms with Crippen molar-refractivity contribution in [3.05, 3.63) is 64.4 Å². The molecule has 1 amide bonds. The number of carbonyl (C=O) groups is 1. The molecule has 0 fully saturated rings. The summed E-state index contributed by atoms with van der Waals surface area (Å²) in [5, 5.41) is 10.0. The summed E-state index contributed by atoms with van der Waals surface area (Å²) in [4.78, 5) is 12.2. The number of methoxy groups -OCH3 is 1. The molecule has 3 rings (SSSR count). The Kier molecular flexibility index (Phi) is 6.03. The highest BCUT2D eigenvalue weighted by Gasteiger charge is 2.10. The molecule has 0 bridgehead atoms. The molecule has 140 valence electrons. The number of aryl methyl sites for hydroxylation is 1. The zero-order valence-electron chi connectivity index (χ0n) is 15.4. The molecular formula is C20H22N4O2S. The lowest BCUT2D eigenvalue weighted by Gasteiger charge is -2.09. The predicted molar refractivity (Wildman–Crippen MR) is 107 cm³/mol. The molecule has 2 N–H and O–H groups in total. The second-order valence-electron chi connectivity index (χ2n) is 6.24. The largest absolute Gasteiger partial charge is 0.497 e. The molecule has 0 radical (unpaired) electrons. The Balaban J connectivity index is 1.59. The third kappa shape index (κ3) is 4.83. The average molecular weight is 382 g/mol. The van der Waals surface area contributed by atoms with Crippen molar-refractivity contribution in [2.45, 2.75) is 26.4 Å². The van der Waals surface area contributed by atoms with Crippen LogP contribution in [0.25, 0.3) is 11.4 Å². The van der Waals surface area contributed by atoms with Gasteiger partial charge in [0.05, 0.1) is 7.11 Å². The molecule has 27 heavy (non-hydrogen) atoms. The molecule has 0 aliphatic rings. The van der Waals surface area contributed by atoms with Gasteiger partial charge in [0, 0.05) is 25.1 Å². The summed E-state index contributed by atoms with van der Waals surface area (Å²) in [6, 6.07) is 15.7. The molecule has 0 spiro atoms. The maximum atomic E-state index is 12.2. The van der Waals surface area contributed by atoms with Gasteiger partial charge < -0.3 is 10.1 Å². The molecule has 6 nitrogen and oxygen atoms in total. The molecule has 0 aliphatic carbocycles. The van der Waals surface area contributed by atoms with Crippen LogP contribution in [0.1, 0.15) is 17.5 Å². The molecule has 7 heteroatoms. The van der Waals surface area contributed by atoms with Crippen LogP contribution < -0.4 is 10.1 Å². The third-order valence-corrected chi connectivity index (χ3v) is 4.59. The minimum atomic E-state index is -0.0382. The van der Waals surface area contributed by atoms with Gasteiger partial charge in [0.25, 0.3) is 0 Å². The number of aromatic amines is 1. The van der Waals surface area contributed by atoms with E-state index in [4.69, 9.17) is 17.0 Å². The molecule has 1 aromatic heterocycles. The van der Waals surface area contributed by atoms with Crippen molar-refractivity contribution in [1.29, 1.82) is 0 Å². The Morgan fingerprint density at radius 1 is 1.19 bits per heavy atom. The molecule has 0 atom stereocenters. The summed E-state index contributed by atoms with van der Waals surface area (Å²) in [5.41, 5.74) is 3.16. The minimum Gasteiger partial charge on any atom is -0.497 e. The number of carbonyl (C=O) groups excluding carboxylic acids is 1. The van der Waals surface area contributed by atoms with Crippen LogP contribution in [0, 0.1) is 11.7 Å². The first kappa shape index (κ1) is 18.8.